The van der Waals surface area contributed by atoms with Gasteiger partial charge in [0, 0.05) is 17.2 Å². The first kappa shape index (κ1) is 17.1. The van der Waals surface area contributed by atoms with Gasteiger partial charge in [0.1, 0.15) is 5.75 Å². The molecule has 0 spiro atoms. The molecule has 0 radical (unpaired) electrons. The number of nitrogens with zero attached hydrogens (tertiary/aromatic N) is 1. The summed E-state index contributed by atoms with van der Waals surface area (Å²) >= 11 is 0. The molecular formula is C24H21NO4. The van der Waals surface area contributed by atoms with Crippen molar-refractivity contribution in [1.82, 2.24) is 0 Å². The molecule has 4 fully saturated rings. The molecular weight excluding hydrogens is 366 g/mol. The number of methoxy groups -OCH3 is 1. The van der Waals surface area contributed by atoms with Crippen molar-refractivity contribution >= 4 is 11.6 Å². The van der Waals surface area contributed by atoms with Crippen LogP contribution in [-0.4, -0.2) is 36.1 Å². The lowest BCUT2D eigenvalue weighted by molar-refractivity contribution is -0.130. The molecule has 2 heterocycles. The number of carbonyl (C=O) groups is 1. The minimum atomic E-state index is -1.03. The van der Waals surface area contributed by atoms with Gasteiger partial charge in [-0.05, 0) is 60.6 Å². The topological polar surface area (TPSA) is 59.0 Å². The average molecular weight is 387 g/mol. The van der Waals surface area contributed by atoms with E-state index in [2.05, 4.69) is 11.8 Å². The van der Waals surface area contributed by atoms with Gasteiger partial charge in [-0.25, -0.2) is 0 Å². The summed E-state index contributed by atoms with van der Waals surface area (Å²) in [6.45, 7) is 0. The number of fused-ring (bicyclic) bond motifs is 2. The zero-order chi connectivity index (χ0) is 19.8. The summed E-state index contributed by atoms with van der Waals surface area (Å²) in [5, 5.41) is 10.7. The van der Waals surface area contributed by atoms with Gasteiger partial charge in [-0.3, -0.25) is 9.69 Å². The van der Waals surface area contributed by atoms with Crippen molar-refractivity contribution in [3.8, 4) is 17.6 Å². The molecule has 2 aliphatic carbocycles. The first-order chi connectivity index (χ1) is 14.1. The summed E-state index contributed by atoms with van der Waals surface area (Å²) in [5.41, 5.74) is 0.598. The summed E-state index contributed by atoms with van der Waals surface area (Å²) in [4.78, 5) is 15.3. The van der Waals surface area contributed by atoms with Crippen LogP contribution in [0, 0.1) is 35.5 Å². The Morgan fingerprint density at radius 3 is 2.62 bits per heavy atom. The molecule has 2 aliphatic heterocycles. The molecule has 1 N–H and O–H groups in total. The number of aliphatic hydroxyl groups excluding tert-OH is 1. The van der Waals surface area contributed by atoms with Crippen molar-refractivity contribution in [1.29, 1.82) is 0 Å². The molecule has 2 bridgehead atoms. The van der Waals surface area contributed by atoms with Crippen LogP contribution in [0.4, 0.5) is 5.69 Å². The summed E-state index contributed by atoms with van der Waals surface area (Å²) in [6, 6.07) is 17.2. The van der Waals surface area contributed by atoms with Crippen molar-refractivity contribution in [2.24, 2.45) is 23.7 Å². The Morgan fingerprint density at radius 1 is 1.14 bits per heavy atom. The van der Waals surface area contributed by atoms with E-state index in [-0.39, 0.29) is 35.7 Å². The second kappa shape index (κ2) is 5.85. The molecule has 2 aromatic carbocycles. The first-order valence-corrected chi connectivity index (χ1v) is 10.1. The van der Waals surface area contributed by atoms with Crippen LogP contribution in [0.2, 0.25) is 0 Å². The first-order valence-electron chi connectivity index (χ1n) is 10.1. The molecule has 6 rings (SSSR count). The number of hydrogen-bond donors (Lipinski definition) is 1. The average Bonchev–Trinajstić information content (AvgIpc) is 3.43. The Balaban J connectivity index is 1.50. The largest absolute Gasteiger partial charge is 0.497 e. The van der Waals surface area contributed by atoms with Crippen LogP contribution >= 0.6 is 0 Å². The maximum atomic E-state index is 13.6. The van der Waals surface area contributed by atoms with E-state index in [1.807, 2.05) is 54.6 Å². The zero-order valence-electron chi connectivity index (χ0n) is 16.0. The molecule has 2 saturated carbocycles. The third kappa shape index (κ3) is 2.11. The Morgan fingerprint density at radius 2 is 1.90 bits per heavy atom. The molecule has 7 atom stereocenters. The molecule has 2 aromatic rings. The third-order valence-electron chi connectivity index (χ3n) is 7.15. The summed E-state index contributed by atoms with van der Waals surface area (Å²) < 4.78 is 11.8. The van der Waals surface area contributed by atoms with Gasteiger partial charge in [-0.15, -0.1) is 0 Å². The number of rotatable bonds is 2. The van der Waals surface area contributed by atoms with E-state index < -0.39 is 11.8 Å². The Kier molecular flexibility index (Phi) is 3.45. The highest BCUT2D eigenvalue weighted by Crippen LogP contribution is 2.67. The van der Waals surface area contributed by atoms with Crippen molar-refractivity contribution in [3.63, 3.8) is 0 Å². The molecule has 29 heavy (non-hydrogen) atoms. The van der Waals surface area contributed by atoms with Crippen LogP contribution in [-0.2, 0) is 9.53 Å². The second-order valence-electron chi connectivity index (χ2n) is 8.37. The van der Waals surface area contributed by atoms with E-state index in [1.165, 1.54) is 0 Å². The zero-order valence-corrected chi connectivity index (χ0v) is 16.0. The Labute approximate surface area is 169 Å². The Hall–Kier alpha value is -2.81. The highest BCUT2D eigenvalue weighted by atomic mass is 16.6. The molecule has 146 valence electrons. The molecule has 0 aromatic heterocycles. The van der Waals surface area contributed by atoms with Gasteiger partial charge < -0.3 is 14.6 Å². The smallest absolute Gasteiger partial charge is 0.234 e. The van der Waals surface area contributed by atoms with Crippen molar-refractivity contribution < 1.29 is 19.4 Å². The van der Waals surface area contributed by atoms with Crippen LogP contribution < -0.4 is 9.64 Å². The minimum Gasteiger partial charge on any atom is -0.497 e. The normalized spacial score (nSPS) is 38.3. The fraction of sp³-hybridized carbons (Fsp3) is 0.375. The van der Waals surface area contributed by atoms with Crippen molar-refractivity contribution in [3.05, 3.63) is 60.2 Å². The lowest BCUT2D eigenvalue weighted by Gasteiger charge is -2.35. The van der Waals surface area contributed by atoms with E-state index in [9.17, 15) is 9.90 Å². The Bertz CT molecular complexity index is 1040. The van der Waals surface area contributed by atoms with E-state index >= 15 is 0 Å². The maximum Gasteiger partial charge on any atom is 0.234 e. The number of carbonyl (C=O) groups excluding carboxylic acids is 1. The van der Waals surface area contributed by atoms with Gasteiger partial charge in [0.25, 0.3) is 0 Å². The number of aliphatic hydroxyl groups is 1. The SMILES string of the molecule is COc1ccc(N2C(=O)C3C4CC5C(OC2(C#Cc2ccccc2)C53)C4O)cc1. The minimum absolute atomic E-state index is 0.00669. The summed E-state index contributed by atoms with van der Waals surface area (Å²) in [7, 11) is 1.62. The highest BCUT2D eigenvalue weighted by Gasteiger charge is 2.78. The standard InChI is InChI=1S/C24H21NO4/c1-28-16-9-7-15(8-10-16)25-23(27)19-17-13-18-20(19)24(25,29-22(18)21(17)26)12-11-14-5-3-2-4-6-14/h2-10,17-22,26H,13H2,1H3. The van der Waals surface area contributed by atoms with Gasteiger partial charge in [0.15, 0.2) is 0 Å². The van der Waals surface area contributed by atoms with Gasteiger partial charge in [0.05, 0.1) is 25.2 Å². The number of amides is 1. The van der Waals surface area contributed by atoms with Crippen LogP contribution in [0.1, 0.15) is 12.0 Å². The van der Waals surface area contributed by atoms with E-state index in [0.717, 1.165) is 23.4 Å². The molecule has 1 amide bonds. The lowest BCUT2D eigenvalue weighted by Crippen LogP contribution is -2.50. The van der Waals surface area contributed by atoms with E-state index in [4.69, 9.17) is 9.47 Å². The predicted octanol–water partition coefficient (Wildman–Crippen LogP) is 2.43. The van der Waals surface area contributed by atoms with Crippen LogP contribution in [0.25, 0.3) is 0 Å². The fourth-order valence-electron chi connectivity index (χ4n) is 6.06. The highest BCUT2D eigenvalue weighted by molar-refractivity contribution is 6.01. The van der Waals surface area contributed by atoms with Gasteiger partial charge in [-0.1, -0.05) is 24.1 Å². The number of ether oxygens (including phenoxy) is 2. The quantitative estimate of drug-likeness (QED) is 0.805. The maximum absolute atomic E-state index is 13.6. The van der Waals surface area contributed by atoms with Crippen LogP contribution in [0.3, 0.4) is 0 Å². The molecule has 2 saturated heterocycles. The lowest BCUT2D eigenvalue weighted by atomic mass is 9.77. The van der Waals surface area contributed by atoms with E-state index in [0.29, 0.717) is 0 Å². The van der Waals surface area contributed by atoms with Crippen LogP contribution in [0.5, 0.6) is 5.75 Å². The third-order valence-corrected chi connectivity index (χ3v) is 7.15. The number of anilines is 1. The predicted molar refractivity (Wildman–Crippen MR) is 106 cm³/mol. The molecule has 4 aliphatic rings. The van der Waals surface area contributed by atoms with Gasteiger partial charge >= 0.3 is 0 Å². The molecule has 5 heteroatoms. The molecule has 5 nitrogen and oxygen atoms in total. The number of benzene rings is 2. The van der Waals surface area contributed by atoms with E-state index in [1.54, 1.807) is 12.0 Å². The second-order valence-corrected chi connectivity index (χ2v) is 8.37. The van der Waals surface area contributed by atoms with Crippen molar-refractivity contribution in [2.75, 3.05) is 12.0 Å². The molecule has 7 unspecified atom stereocenters. The number of hydrogen-bond acceptors (Lipinski definition) is 4. The van der Waals surface area contributed by atoms with Gasteiger partial charge in [0.2, 0.25) is 11.6 Å². The monoisotopic (exact) mass is 387 g/mol. The summed E-state index contributed by atoms with van der Waals surface area (Å²) in [5.74, 6) is 7.23. The van der Waals surface area contributed by atoms with Crippen LogP contribution in [0.15, 0.2) is 54.6 Å². The van der Waals surface area contributed by atoms with Gasteiger partial charge in [-0.2, -0.15) is 0 Å². The van der Waals surface area contributed by atoms with Crippen molar-refractivity contribution in [2.45, 2.75) is 24.4 Å². The fourth-order valence-corrected chi connectivity index (χ4v) is 6.06. The summed E-state index contributed by atoms with van der Waals surface area (Å²) in [6.07, 6.45) is 0.0155.